The van der Waals surface area contributed by atoms with Crippen LogP contribution in [0.3, 0.4) is 0 Å². The Morgan fingerprint density at radius 3 is 2.86 bits per heavy atom. The van der Waals surface area contributed by atoms with Gasteiger partial charge in [0.05, 0.1) is 24.4 Å². The minimum absolute atomic E-state index is 0.0489. The molecule has 0 spiro atoms. The second-order valence-corrected chi connectivity index (χ2v) is 5.89. The van der Waals surface area contributed by atoms with Gasteiger partial charge in [-0.15, -0.1) is 0 Å². The Bertz CT molecular complexity index is 450. The third-order valence-corrected chi connectivity index (χ3v) is 4.68. The Hall–Kier alpha value is -1.26. The molecular formula is C17H28N2O2. The topological polar surface area (TPSA) is 47.7 Å². The largest absolute Gasteiger partial charge is 0.495 e. The van der Waals surface area contributed by atoms with Crippen LogP contribution in [0.2, 0.25) is 0 Å². The molecule has 1 heterocycles. The Balaban J connectivity index is 2.26. The lowest BCUT2D eigenvalue weighted by molar-refractivity contribution is -0.0217. The number of nitrogens with zero attached hydrogens (tertiary/aromatic N) is 1. The van der Waals surface area contributed by atoms with E-state index in [-0.39, 0.29) is 5.54 Å². The Morgan fingerprint density at radius 2 is 2.19 bits per heavy atom. The van der Waals surface area contributed by atoms with Gasteiger partial charge < -0.3 is 20.1 Å². The summed E-state index contributed by atoms with van der Waals surface area (Å²) < 4.78 is 11.4. The lowest BCUT2D eigenvalue weighted by Gasteiger charge is -2.47. The Labute approximate surface area is 128 Å². The van der Waals surface area contributed by atoms with Gasteiger partial charge in [0.25, 0.3) is 0 Å². The van der Waals surface area contributed by atoms with Crippen LogP contribution >= 0.6 is 0 Å². The number of anilines is 1. The average molecular weight is 292 g/mol. The fourth-order valence-corrected chi connectivity index (χ4v) is 3.30. The quantitative estimate of drug-likeness (QED) is 0.876. The summed E-state index contributed by atoms with van der Waals surface area (Å²) in [6.45, 7) is 3.61. The monoisotopic (exact) mass is 292 g/mol. The number of hydrogen-bond acceptors (Lipinski definition) is 4. The molecule has 1 aromatic carbocycles. The maximum absolute atomic E-state index is 6.19. The minimum Gasteiger partial charge on any atom is -0.495 e. The maximum Gasteiger partial charge on any atom is 0.142 e. The number of benzene rings is 1. The summed E-state index contributed by atoms with van der Waals surface area (Å²) in [7, 11) is 3.84. The molecule has 0 amide bonds. The molecule has 21 heavy (non-hydrogen) atoms. The molecule has 2 atom stereocenters. The first-order valence-corrected chi connectivity index (χ1v) is 7.85. The molecule has 1 fully saturated rings. The summed E-state index contributed by atoms with van der Waals surface area (Å²) in [5.41, 5.74) is 7.24. The molecule has 4 heteroatoms. The molecular weight excluding hydrogens is 264 g/mol. The molecule has 0 bridgehead atoms. The minimum atomic E-state index is -0.0489. The van der Waals surface area contributed by atoms with Crippen LogP contribution in [0.5, 0.6) is 5.75 Å². The van der Waals surface area contributed by atoms with Crippen molar-refractivity contribution in [2.24, 2.45) is 5.73 Å². The van der Waals surface area contributed by atoms with Gasteiger partial charge in [0.15, 0.2) is 0 Å². The van der Waals surface area contributed by atoms with Crippen LogP contribution in [-0.4, -0.2) is 39.0 Å². The predicted molar refractivity (Wildman–Crippen MR) is 87.1 cm³/mol. The zero-order valence-corrected chi connectivity index (χ0v) is 13.5. The van der Waals surface area contributed by atoms with Gasteiger partial charge in [-0.25, -0.2) is 0 Å². The fraction of sp³-hybridized carbons (Fsp3) is 0.647. The average Bonchev–Trinajstić information content (AvgIpc) is 2.54. The van der Waals surface area contributed by atoms with Crippen LogP contribution in [0.1, 0.15) is 32.6 Å². The van der Waals surface area contributed by atoms with Crippen molar-refractivity contribution < 1.29 is 9.47 Å². The normalized spacial score (nSPS) is 25.6. The zero-order chi connectivity index (χ0) is 15.3. The van der Waals surface area contributed by atoms with Crippen LogP contribution in [0, 0.1) is 0 Å². The Kier molecular flexibility index (Phi) is 5.48. The van der Waals surface area contributed by atoms with E-state index >= 15 is 0 Å². The first kappa shape index (κ1) is 16.1. The molecule has 0 radical (unpaired) electrons. The summed E-state index contributed by atoms with van der Waals surface area (Å²) in [5, 5.41) is 0. The van der Waals surface area contributed by atoms with E-state index in [0.29, 0.717) is 12.6 Å². The zero-order valence-electron chi connectivity index (χ0n) is 13.5. The van der Waals surface area contributed by atoms with Gasteiger partial charge in [0, 0.05) is 20.2 Å². The van der Waals surface area contributed by atoms with Gasteiger partial charge in [-0.05, 0) is 31.4 Å². The highest BCUT2D eigenvalue weighted by molar-refractivity contribution is 5.59. The van der Waals surface area contributed by atoms with Crippen molar-refractivity contribution in [2.75, 3.05) is 32.2 Å². The second-order valence-electron chi connectivity index (χ2n) is 5.89. The lowest BCUT2D eigenvalue weighted by Crippen LogP contribution is -2.57. The number of likely N-dealkylation sites (N-methyl/N-ethyl adjacent to an activating group) is 1. The number of methoxy groups -OCH3 is 1. The molecule has 2 N–H and O–H groups in total. The van der Waals surface area contributed by atoms with Crippen molar-refractivity contribution in [3.63, 3.8) is 0 Å². The highest BCUT2D eigenvalue weighted by atomic mass is 16.5. The number of hydrogen-bond donors (Lipinski definition) is 1. The molecule has 2 unspecified atom stereocenters. The van der Waals surface area contributed by atoms with Crippen LogP contribution in [0.15, 0.2) is 24.3 Å². The first-order valence-electron chi connectivity index (χ1n) is 7.85. The molecule has 118 valence electrons. The third-order valence-electron chi connectivity index (χ3n) is 4.68. The summed E-state index contributed by atoms with van der Waals surface area (Å²) >= 11 is 0. The molecule has 0 saturated carbocycles. The van der Waals surface area contributed by atoms with Crippen molar-refractivity contribution in [3.05, 3.63) is 24.3 Å². The van der Waals surface area contributed by atoms with E-state index in [1.165, 1.54) is 0 Å². The standard InChI is InChI=1S/C17H28N2O2/c1-4-7-14-12-17(13-18,10-11-21-14)19(2)15-8-5-6-9-16(15)20-3/h5-6,8-9,14H,4,7,10-13,18H2,1-3H3. The van der Waals surface area contributed by atoms with E-state index in [4.69, 9.17) is 15.2 Å². The summed E-state index contributed by atoms with van der Waals surface area (Å²) in [4.78, 5) is 2.30. The summed E-state index contributed by atoms with van der Waals surface area (Å²) in [5.74, 6) is 0.895. The number of nitrogens with two attached hydrogens (primary N) is 1. The molecule has 1 saturated heterocycles. The fourth-order valence-electron chi connectivity index (χ4n) is 3.30. The number of ether oxygens (including phenoxy) is 2. The van der Waals surface area contributed by atoms with Gasteiger partial charge in [-0.3, -0.25) is 0 Å². The van der Waals surface area contributed by atoms with E-state index in [1.807, 2.05) is 18.2 Å². The van der Waals surface area contributed by atoms with Crippen LogP contribution in [0.25, 0.3) is 0 Å². The van der Waals surface area contributed by atoms with Crippen molar-refractivity contribution in [3.8, 4) is 5.75 Å². The molecule has 2 rings (SSSR count). The van der Waals surface area contributed by atoms with E-state index in [9.17, 15) is 0 Å². The van der Waals surface area contributed by atoms with E-state index in [0.717, 1.165) is 43.7 Å². The van der Waals surface area contributed by atoms with Crippen LogP contribution < -0.4 is 15.4 Å². The second kappa shape index (κ2) is 7.14. The van der Waals surface area contributed by atoms with Crippen molar-refractivity contribution >= 4 is 5.69 Å². The molecule has 4 nitrogen and oxygen atoms in total. The molecule has 0 aromatic heterocycles. The SMILES string of the molecule is CCCC1CC(CN)(N(C)c2ccccc2OC)CCO1. The molecule has 0 aliphatic carbocycles. The van der Waals surface area contributed by atoms with Crippen molar-refractivity contribution in [1.29, 1.82) is 0 Å². The van der Waals surface area contributed by atoms with Gasteiger partial charge in [-0.1, -0.05) is 25.5 Å². The van der Waals surface area contributed by atoms with Gasteiger partial charge in [-0.2, -0.15) is 0 Å². The third kappa shape index (κ3) is 3.33. The van der Waals surface area contributed by atoms with Crippen LogP contribution in [0.4, 0.5) is 5.69 Å². The summed E-state index contributed by atoms with van der Waals surface area (Å²) in [6, 6.07) is 8.13. The van der Waals surface area contributed by atoms with E-state index in [1.54, 1.807) is 7.11 Å². The lowest BCUT2D eigenvalue weighted by atomic mass is 9.83. The smallest absolute Gasteiger partial charge is 0.142 e. The van der Waals surface area contributed by atoms with E-state index in [2.05, 4.69) is 24.9 Å². The van der Waals surface area contributed by atoms with Crippen molar-refractivity contribution in [2.45, 2.75) is 44.2 Å². The number of para-hydroxylation sites is 2. The van der Waals surface area contributed by atoms with Gasteiger partial charge >= 0.3 is 0 Å². The molecule has 1 aliphatic rings. The highest BCUT2D eigenvalue weighted by Gasteiger charge is 2.40. The first-order chi connectivity index (χ1) is 10.2. The van der Waals surface area contributed by atoms with Gasteiger partial charge in [0.1, 0.15) is 5.75 Å². The van der Waals surface area contributed by atoms with E-state index < -0.39 is 0 Å². The number of rotatable bonds is 6. The maximum atomic E-state index is 6.19. The highest BCUT2D eigenvalue weighted by Crippen LogP contribution is 2.38. The van der Waals surface area contributed by atoms with Crippen LogP contribution in [-0.2, 0) is 4.74 Å². The Morgan fingerprint density at radius 1 is 1.43 bits per heavy atom. The van der Waals surface area contributed by atoms with Gasteiger partial charge in [0.2, 0.25) is 0 Å². The molecule has 1 aromatic rings. The van der Waals surface area contributed by atoms with Crippen molar-refractivity contribution in [1.82, 2.24) is 0 Å². The predicted octanol–water partition coefficient (Wildman–Crippen LogP) is 2.81. The summed E-state index contributed by atoms with van der Waals surface area (Å²) in [6.07, 6.45) is 4.49. The molecule has 1 aliphatic heterocycles.